The van der Waals surface area contributed by atoms with E-state index in [-0.39, 0.29) is 6.29 Å². The molecule has 0 saturated carbocycles. The average Bonchev–Trinajstić information content (AvgIpc) is 2.71. The van der Waals surface area contributed by atoms with Crippen molar-refractivity contribution < 1.29 is 9.47 Å². The lowest BCUT2D eigenvalue weighted by molar-refractivity contribution is -0.148. The van der Waals surface area contributed by atoms with Crippen molar-refractivity contribution >= 4 is 11.6 Å². The fourth-order valence-corrected chi connectivity index (χ4v) is 3.39. The molecule has 3 heteroatoms. The summed E-state index contributed by atoms with van der Waals surface area (Å²) in [6, 6.07) is 0. The minimum atomic E-state index is 0.0108. The smallest absolute Gasteiger partial charge is 0.157 e. The zero-order chi connectivity index (χ0) is 20.5. The van der Waals surface area contributed by atoms with Crippen LogP contribution in [0, 0.1) is 0 Å². The number of hydrogen-bond donors (Lipinski definition) is 0. The Labute approximate surface area is 181 Å². The van der Waals surface area contributed by atoms with Gasteiger partial charge in [0.25, 0.3) is 0 Å². The van der Waals surface area contributed by atoms with E-state index in [9.17, 15) is 0 Å². The first-order valence-electron chi connectivity index (χ1n) is 12.3. The van der Waals surface area contributed by atoms with Gasteiger partial charge >= 0.3 is 0 Å². The van der Waals surface area contributed by atoms with Crippen LogP contribution in [0.15, 0.2) is 12.2 Å². The fourth-order valence-electron chi connectivity index (χ4n) is 3.24. The predicted molar refractivity (Wildman–Crippen MR) is 125 cm³/mol. The quantitative estimate of drug-likeness (QED) is 0.0716. The van der Waals surface area contributed by atoms with E-state index >= 15 is 0 Å². The predicted octanol–water partition coefficient (Wildman–Crippen LogP) is 8.81. The SMILES string of the molecule is CCCCCCCOC(CCCCC/C=C/CCCCl)OCCCCCCC. The second-order valence-electron chi connectivity index (χ2n) is 7.94. The number of halogens is 1. The molecule has 0 aromatic carbocycles. The molecule has 2 nitrogen and oxygen atoms in total. The molecule has 0 aromatic heterocycles. The Hall–Kier alpha value is -0.0500. The minimum Gasteiger partial charge on any atom is -0.353 e. The van der Waals surface area contributed by atoms with E-state index in [1.165, 1.54) is 89.9 Å². The standard InChI is InChI=1S/C25H49ClO2/c1-3-5-7-15-19-23-27-25(28-24-20-16-8-6-4-2)21-17-13-11-9-10-12-14-18-22-26/h10,12,25H,3-9,11,13-24H2,1-2H3/b12-10+. The summed E-state index contributed by atoms with van der Waals surface area (Å²) in [4.78, 5) is 0. The molecule has 0 spiro atoms. The number of hydrogen-bond acceptors (Lipinski definition) is 2. The van der Waals surface area contributed by atoms with Gasteiger partial charge in [-0.3, -0.25) is 0 Å². The lowest BCUT2D eigenvalue weighted by atomic mass is 10.1. The third-order valence-corrected chi connectivity index (χ3v) is 5.35. The molecule has 0 bridgehead atoms. The lowest BCUT2D eigenvalue weighted by Gasteiger charge is -2.19. The molecule has 0 aliphatic carbocycles. The van der Waals surface area contributed by atoms with Crippen molar-refractivity contribution in [3.05, 3.63) is 12.2 Å². The summed E-state index contributed by atoms with van der Waals surface area (Å²) in [6.45, 7) is 6.23. The lowest BCUT2D eigenvalue weighted by Crippen LogP contribution is -2.19. The molecule has 28 heavy (non-hydrogen) atoms. The maximum Gasteiger partial charge on any atom is 0.157 e. The summed E-state index contributed by atoms with van der Waals surface area (Å²) in [7, 11) is 0. The van der Waals surface area contributed by atoms with Gasteiger partial charge in [0, 0.05) is 19.1 Å². The normalized spacial score (nSPS) is 11.9. The first-order chi connectivity index (χ1) is 13.8. The van der Waals surface area contributed by atoms with Gasteiger partial charge in [-0.15, -0.1) is 11.6 Å². The van der Waals surface area contributed by atoms with Gasteiger partial charge in [0.05, 0.1) is 0 Å². The van der Waals surface area contributed by atoms with Gasteiger partial charge in [0.15, 0.2) is 6.29 Å². The van der Waals surface area contributed by atoms with Crippen LogP contribution in [-0.4, -0.2) is 25.4 Å². The van der Waals surface area contributed by atoms with Gasteiger partial charge < -0.3 is 9.47 Å². The molecule has 0 N–H and O–H groups in total. The Balaban J connectivity index is 3.83. The highest BCUT2D eigenvalue weighted by Gasteiger charge is 2.09. The van der Waals surface area contributed by atoms with Crippen LogP contribution in [0.4, 0.5) is 0 Å². The number of ether oxygens (including phenoxy) is 2. The van der Waals surface area contributed by atoms with Crippen LogP contribution in [0.1, 0.15) is 123 Å². The van der Waals surface area contributed by atoms with Crippen molar-refractivity contribution in [3.63, 3.8) is 0 Å². The molecule has 168 valence electrons. The molecule has 0 unspecified atom stereocenters. The third-order valence-electron chi connectivity index (χ3n) is 5.08. The maximum atomic E-state index is 6.07. The molecule has 0 fully saturated rings. The van der Waals surface area contributed by atoms with Crippen molar-refractivity contribution in [3.8, 4) is 0 Å². The second-order valence-corrected chi connectivity index (χ2v) is 8.32. The van der Waals surface area contributed by atoms with E-state index in [4.69, 9.17) is 21.1 Å². The van der Waals surface area contributed by atoms with Gasteiger partial charge in [-0.05, 0) is 51.4 Å². The van der Waals surface area contributed by atoms with Crippen molar-refractivity contribution in [2.24, 2.45) is 0 Å². The van der Waals surface area contributed by atoms with Crippen LogP contribution in [0.2, 0.25) is 0 Å². The van der Waals surface area contributed by atoms with Gasteiger partial charge in [-0.2, -0.15) is 0 Å². The molecule has 0 aromatic rings. The Kier molecular flexibility index (Phi) is 24.9. The highest BCUT2D eigenvalue weighted by atomic mass is 35.5. The first kappa shape index (κ1) is 27.9. The van der Waals surface area contributed by atoms with E-state index in [2.05, 4.69) is 26.0 Å². The molecule has 0 saturated heterocycles. The van der Waals surface area contributed by atoms with Gasteiger partial charge in [0.1, 0.15) is 0 Å². The summed E-state index contributed by atoms with van der Waals surface area (Å²) in [5.41, 5.74) is 0. The summed E-state index contributed by atoms with van der Waals surface area (Å²) < 4.78 is 12.1. The van der Waals surface area contributed by atoms with Crippen LogP contribution in [-0.2, 0) is 9.47 Å². The second kappa shape index (κ2) is 25.0. The molecule has 0 aliphatic heterocycles. The van der Waals surface area contributed by atoms with E-state index in [1.807, 2.05) is 0 Å². The third kappa shape index (κ3) is 22.2. The number of alkyl halides is 1. The number of allylic oxidation sites excluding steroid dienone is 2. The largest absolute Gasteiger partial charge is 0.353 e. The van der Waals surface area contributed by atoms with Crippen molar-refractivity contribution in [1.82, 2.24) is 0 Å². The Morgan fingerprint density at radius 1 is 0.607 bits per heavy atom. The van der Waals surface area contributed by atoms with Crippen LogP contribution >= 0.6 is 11.6 Å². The molecule has 0 rings (SSSR count). The summed E-state index contributed by atoms with van der Waals surface area (Å²) in [5.74, 6) is 0.767. The molecule has 0 aliphatic rings. The molecular weight excluding hydrogens is 368 g/mol. The van der Waals surface area contributed by atoms with E-state index in [1.54, 1.807) is 0 Å². The topological polar surface area (TPSA) is 18.5 Å². The molecular formula is C25H49ClO2. The van der Waals surface area contributed by atoms with Crippen LogP contribution in [0.5, 0.6) is 0 Å². The Morgan fingerprint density at radius 2 is 1.11 bits per heavy atom. The summed E-state index contributed by atoms with van der Waals surface area (Å²) in [5, 5.41) is 0. The summed E-state index contributed by atoms with van der Waals surface area (Å²) >= 11 is 5.69. The average molecular weight is 417 g/mol. The molecule has 0 atom stereocenters. The van der Waals surface area contributed by atoms with Gasteiger partial charge in [-0.1, -0.05) is 83.8 Å². The van der Waals surface area contributed by atoms with Gasteiger partial charge in [0.2, 0.25) is 0 Å². The summed E-state index contributed by atoms with van der Waals surface area (Å²) in [6.07, 6.45) is 25.6. The van der Waals surface area contributed by atoms with Crippen LogP contribution in [0.3, 0.4) is 0 Å². The van der Waals surface area contributed by atoms with Crippen LogP contribution in [0.25, 0.3) is 0 Å². The zero-order valence-corrected chi connectivity index (χ0v) is 19.8. The minimum absolute atomic E-state index is 0.0108. The number of rotatable bonds is 23. The maximum absolute atomic E-state index is 6.07. The van der Waals surface area contributed by atoms with E-state index in [0.29, 0.717) is 0 Å². The molecule has 0 heterocycles. The van der Waals surface area contributed by atoms with Crippen molar-refractivity contribution in [2.75, 3.05) is 19.1 Å². The highest BCUT2D eigenvalue weighted by molar-refractivity contribution is 6.17. The number of unbranched alkanes of at least 4 members (excludes halogenated alkanes) is 12. The van der Waals surface area contributed by atoms with Gasteiger partial charge in [-0.25, -0.2) is 0 Å². The van der Waals surface area contributed by atoms with Crippen LogP contribution < -0.4 is 0 Å². The van der Waals surface area contributed by atoms with E-state index < -0.39 is 0 Å². The highest BCUT2D eigenvalue weighted by Crippen LogP contribution is 2.13. The van der Waals surface area contributed by atoms with Crippen molar-refractivity contribution in [1.29, 1.82) is 0 Å². The zero-order valence-electron chi connectivity index (χ0n) is 19.1. The fraction of sp³-hybridized carbons (Fsp3) is 0.920. The Bertz CT molecular complexity index is 291. The molecule has 0 amide bonds. The Morgan fingerprint density at radius 3 is 1.64 bits per heavy atom. The van der Waals surface area contributed by atoms with Crippen molar-refractivity contribution in [2.45, 2.75) is 129 Å². The van der Waals surface area contributed by atoms with E-state index in [0.717, 1.165) is 38.4 Å². The first-order valence-corrected chi connectivity index (χ1v) is 12.8. The monoisotopic (exact) mass is 416 g/mol. The molecule has 0 radical (unpaired) electrons.